The van der Waals surface area contributed by atoms with Crippen LogP contribution in [0.3, 0.4) is 0 Å². The third-order valence-corrected chi connectivity index (χ3v) is 4.97. The van der Waals surface area contributed by atoms with Gasteiger partial charge < -0.3 is 10.2 Å². The Kier molecular flexibility index (Phi) is 4.29. The molecule has 0 aliphatic carbocycles. The van der Waals surface area contributed by atoms with Crippen LogP contribution in [0.4, 0.5) is 5.82 Å². The third kappa shape index (κ3) is 3.24. The molecule has 0 saturated carbocycles. The average Bonchev–Trinajstić information content (AvgIpc) is 3.16. The number of anilines is 1. The van der Waals surface area contributed by atoms with Gasteiger partial charge in [-0.3, -0.25) is 14.2 Å². The minimum absolute atomic E-state index is 0.0587. The van der Waals surface area contributed by atoms with E-state index in [2.05, 4.69) is 30.4 Å². The van der Waals surface area contributed by atoms with Crippen LogP contribution in [0.2, 0.25) is 0 Å². The number of carbonyl (C=O) groups excluding carboxylic acids is 1. The van der Waals surface area contributed by atoms with Crippen molar-refractivity contribution < 1.29 is 4.79 Å². The van der Waals surface area contributed by atoms with Crippen molar-refractivity contribution in [2.45, 2.75) is 32.7 Å². The van der Waals surface area contributed by atoms with E-state index in [9.17, 15) is 4.79 Å². The van der Waals surface area contributed by atoms with Crippen LogP contribution in [0, 0.1) is 13.8 Å². The summed E-state index contributed by atoms with van der Waals surface area (Å²) >= 11 is 0. The fourth-order valence-corrected chi connectivity index (χ4v) is 3.72. The molecular formula is C18H24N8O. The normalized spacial score (nSPS) is 17.5. The molecule has 1 amide bonds. The minimum atomic E-state index is -0.0876. The number of nitrogens with zero attached hydrogens (tertiary/aromatic N) is 7. The molecule has 1 unspecified atom stereocenters. The Hall–Kier alpha value is -2.97. The van der Waals surface area contributed by atoms with Gasteiger partial charge in [0.05, 0.1) is 17.3 Å². The lowest BCUT2D eigenvalue weighted by atomic mass is 10.1. The SMILES string of the molecule is Cc1cc(C(=O)NC2CCCN(c3nc(C)nc4c3cnn4C)C2)n(C)n1. The van der Waals surface area contributed by atoms with Gasteiger partial charge in [-0.1, -0.05) is 0 Å². The number of aryl methyl sites for hydroxylation is 4. The second-order valence-electron chi connectivity index (χ2n) is 7.15. The summed E-state index contributed by atoms with van der Waals surface area (Å²) in [5.41, 5.74) is 2.24. The second kappa shape index (κ2) is 6.64. The molecule has 3 aromatic rings. The lowest BCUT2D eigenvalue weighted by molar-refractivity contribution is 0.0923. The highest BCUT2D eigenvalue weighted by Crippen LogP contribution is 2.26. The highest BCUT2D eigenvalue weighted by Gasteiger charge is 2.26. The zero-order valence-electron chi connectivity index (χ0n) is 16.1. The van der Waals surface area contributed by atoms with E-state index in [1.54, 1.807) is 16.4 Å². The zero-order valence-corrected chi connectivity index (χ0v) is 16.1. The monoisotopic (exact) mass is 368 g/mol. The van der Waals surface area contributed by atoms with E-state index in [4.69, 9.17) is 0 Å². The number of amides is 1. The molecule has 0 spiro atoms. The largest absolute Gasteiger partial charge is 0.354 e. The fourth-order valence-electron chi connectivity index (χ4n) is 3.72. The van der Waals surface area contributed by atoms with Crippen LogP contribution >= 0.6 is 0 Å². The third-order valence-electron chi connectivity index (χ3n) is 4.97. The number of fused-ring (bicyclic) bond motifs is 1. The van der Waals surface area contributed by atoms with Gasteiger partial charge in [-0.25, -0.2) is 9.97 Å². The fraction of sp³-hybridized carbons (Fsp3) is 0.500. The van der Waals surface area contributed by atoms with Crippen molar-refractivity contribution in [2.24, 2.45) is 14.1 Å². The summed E-state index contributed by atoms with van der Waals surface area (Å²) in [4.78, 5) is 24.0. The highest BCUT2D eigenvalue weighted by atomic mass is 16.2. The number of hydrogen-bond donors (Lipinski definition) is 1. The van der Waals surface area contributed by atoms with Crippen LogP contribution in [0.15, 0.2) is 12.3 Å². The molecule has 0 radical (unpaired) electrons. The second-order valence-corrected chi connectivity index (χ2v) is 7.15. The molecule has 9 nitrogen and oxygen atoms in total. The Labute approximate surface area is 157 Å². The molecule has 4 heterocycles. The van der Waals surface area contributed by atoms with Gasteiger partial charge >= 0.3 is 0 Å². The number of piperidine rings is 1. The molecule has 0 aromatic carbocycles. The van der Waals surface area contributed by atoms with E-state index in [1.165, 1.54) is 0 Å². The van der Waals surface area contributed by atoms with Crippen molar-refractivity contribution in [3.8, 4) is 0 Å². The molecule has 1 N–H and O–H groups in total. The van der Waals surface area contributed by atoms with Crippen molar-refractivity contribution in [2.75, 3.05) is 18.0 Å². The molecule has 27 heavy (non-hydrogen) atoms. The maximum absolute atomic E-state index is 12.6. The van der Waals surface area contributed by atoms with Gasteiger partial charge in [0.15, 0.2) is 5.65 Å². The van der Waals surface area contributed by atoms with E-state index < -0.39 is 0 Å². The summed E-state index contributed by atoms with van der Waals surface area (Å²) in [6, 6.07) is 1.87. The molecular weight excluding hydrogens is 344 g/mol. The Morgan fingerprint density at radius 2 is 2.04 bits per heavy atom. The van der Waals surface area contributed by atoms with E-state index in [-0.39, 0.29) is 11.9 Å². The first kappa shape index (κ1) is 17.4. The lowest BCUT2D eigenvalue weighted by Gasteiger charge is -2.34. The van der Waals surface area contributed by atoms with Gasteiger partial charge in [0.25, 0.3) is 5.91 Å². The van der Waals surface area contributed by atoms with Gasteiger partial charge in [-0.2, -0.15) is 10.2 Å². The van der Waals surface area contributed by atoms with Gasteiger partial charge in [-0.15, -0.1) is 0 Å². The standard InChI is InChI=1S/C18H24N8O/c1-11-8-15(24(3)23-11)18(27)22-13-6-5-7-26(10-13)17-14-9-19-25(4)16(14)20-12(2)21-17/h8-9,13H,5-7,10H2,1-4H3,(H,22,27). The molecule has 1 fully saturated rings. The van der Waals surface area contributed by atoms with Crippen molar-refractivity contribution in [1.82, 2.24) is 34.8 Å². The van der Waals surface area contributed by atoms with E-state index in [0.717, 1.165) is 47.8 Å². The summed E-state index contributed by atoms with van der Waals surface area (Å²) in [5.74, 6) is 1.52. The Balaban J connectivity index is 1.55. The number of carbonyl (C=O) groups is 1. The smallest absolute Gasteiger partial charge is 0.269 e. The maximum Gasteiger partial charge on any atom is 0.269 e. The van der Waals surface area contributed by atoms with Crippen LogP contribution in [0.5, 0.6) is 0 Å². The molecule has 1 atom stereocenters. The van der Waals surface area contributed by atoms with E-state index >= 15 is 0 Å². The number of aromatic nitrogens is 6. The molecule has 142 valence electrons. The molecule has 3 aromatic heterocycles. The van der Waals surface area contributed by atoms with Crippen LogP contribution in [-0.4, -0.2) is 54.6 Å². The van der Waals surface area contributed by atoms with Crippen LogP contribution in [0.25, 0.3) is 11.0 Å². The zero-order chi connectivity index (χ0) is 19.1. The van der Waals surface area contributed by atoms with Crippen molar-refractivity contribution >= 4 is 22.8 Å². The number of nitrogens with one attached hydrogen (secondary N) is 1. The lowest BCUT2D eigenvalue weighted by Crippen LogP contribution is -2.48. The summed E-state index contributed by atoms with van der Waals surface area (Å²) in [6.45, 7) is 5.39. The molecule has 1 aliphatic rings. The summed E-state index contributed by atoms with van der Waals surface area (Å²) < 4.78 is 3.39. The van der Waals surface area contributed by atoms with Gasteiger partial charge in [-0.05, 0) is 32.8 Å². The van der Waals surface area contributed by atoms with Gasteiger partial charge in [0.2, 0.25) is 0 Å². The minimum Gasteiger partial charge on any atom is -0.354 e. The Bertz CT molecular complexity index is 1000. The van der Waals surface area contributed by atoms with Gasteiger partial charge in [0, 0.05) is 33.2 Å². The topological polar surface area (TPSA) is 93.8 Å². The Morgan fingerprint density at radius 1 is 1.22 bits per heavy atom. The predicted octanol–water partition coefficient (Wildman–Crippen LogP) is 1.11. The van der Waals surface area contributed by atoms with Crippen LogP contribution < -0.4 is 10.2 Å². The first-order valence-electron chi connectivity index (χ1n) is 9.15. The van der Waals surface area contributed by atoms with E-state index in [0.29, 0.717) is 12.2 Å². The van der Waals surface area contributed by atoms with Gasteiger partial charge in [0.1, 0.15) is 17.3 Å². The maximum atomic E-state index is 12.6. The quantitative estimate of drug-likeness (QED) is 0.744. The van der Waals surface area contributed by atoms with Crippen molar-refractivity contribution in [3.63, 3.8) is 0 Å². The Morgan fingerprint density at radius 3 is 2.78 bits per heavy atom. The van der Waals surface area contributed by atoms with Crippen molar-refractivity contribution in [3.05, 3.63) is 29.5 Å². The summed E-state index contributed by atoms with van der Waals surface area (Å²) in [5, 5.41) is 12.7. The molecule has 0 bridgehead atoms. The van der Waals surface area contributed by atoms with Crippen molar-refractivity contribution in [1.29, 1.82) is 0 Å². The first-order valence-corrected chi connectivity index (χ1v) is 9.15. The summed E-state index contributed by atoms with van der Waals surface area (Å²) in [6.07, 6.45) is 3.74. The average molecular weight is 368 g/mol. The van der Waals surface area contributed by atoms with E-state index in [1.807, 2.05) is 33.2 Å². The first-order chi connectivity index (χ1) is 12.9. The predicted molar refractivity (Wildman–Crippen MR) is 102 cm³/mol. The summed E-state index contributed by atoms with van der Waals surface area (Å²) in [7, 11) is 3.67. The molecule has 9 heteroatoms. The number of hydrogen-bond acceptors (Lipinski definition) is 6. The molecule has 1 saturated heterocycles. The number of rotatable bonds is 3. The molecule has 4 rings (SSSR count). The van der Waals surface area contributed by atoms with Crippen LogP contribution in [0.1, 0.15) is 34.8 Å². The molecule has 1 aliphatic heterocycles. The highest BCUT2D eigenvalue weighted by molar-refractivity contribution is 5.93. The van der Waals surface area contributed by atoms with Crippen LogP contribution in [-0.2, 0) is 14.1 Å².